The highest BCUT2D eigenvalue weighted by molar-refractivity contribution is 5.91. The monoisotopic (exact) mass is 608 g/mol. The number of aromatic amines is 2. The molecule has 1 atom stereocenters. The Morgan fingerprint density at radius 2 is 1.98 bits per heavy atom. The van der Waals surface area contributed by atoms with Crippen LogP contribution in [0.2, 0.25) is 0 Å². The summed E-state index contributed by atoms with van der Waals surface area (Å²) in [4.78, 5) is 49.2. The number of H-pyrrole nitrogens is 2. The van der Waals surface area contributed by atoms with E-state index in [2.05, 4.69) is 45.9 Å². The minimum Gasteiger partial charge on any atom is -0.489 e. The number of hydrogen-bond acceptors (Lipinski definition) is 8. The number of ether oxygens (including phenoxy) is 1. The van der Waals surface area contributed by atoms with Crippen molar-refractivity contribution in [3.8, 4) is 5.75 Å². The molecule has 6 rings (SSSR count). The molecule has 0 bridgehead atoms. The van der Waals surface area contributed by atoms with Crippen LogP contribution >= 0.6 is 0 Å². The van der Waals surface area contributed by atoms with Crippen molar-refractivity contribution in [2.75, 3.05) is 28.7 Å². The number of hydrogen-bond donors (Lipinski definition) is 5. The van der Waals surface area contributed by atoms with E-state index in [0.717, 1.165) is 25.0 Å². The summed E-state index contributed by atoms with van der Waals surface area (Å²) in [6, 6.07) is 7.31. The second-order valence-electron chi connectivity index (χ2n) is 10.2. The van der Waals surface area contributed by atoms with Crippen LogP contribution in [-0.2, 0) is 17.5 Å². The Bertz CT molecular complexity index is 1840. The van der Waals surface area contributed by atoms with Gasteiger partial charge in [0.2, 0.25) is 11.9 Å². The molecule has 2 aromatic carbocycles. The van der Waals surface area contributed by atoms with Crippen LogP contribution in [0.25, 0.3) is 22.2 Å². The Hall–Kier alpha value is -5.41. The average molecular weight is 609 g/mol. The molecular formula is C28H27F3N10O3. The Morgan fingerprint density at radius 1 is 1.11 bits per heavy atom. The second-order valence-corrected chi connectivity index (χ2v) is 10.2. The van der Waals surface area contributed by atoms with Crippen LogP contribution in [-0.4, -0.2) is 61.0 Å². The number of anilines is 3. The first-order valence-corrected chi connectivity index (χ1v) is 13.7. The molecule has 1 fully saturated rings. The van der Waals surface area contributed by atoms with Crippen LogP contribution in [0.15, 0.2) is 49.1 Å². The summed E-state index contributed by atoms with van der Waals surface area (Å²) in [6.45, 7) is 2.28. The molecule has 1 saturated heterocycles. The molecule has 0 saturated carbocycles. The number of amides is 3. The molecule has 3 amide bonds. The van der Waals surface area contributed by atoms with Gasteiger partial charge in [-0.2, -0.15) is 13.2 Å². The van der Waals surface area contributed by atoms with Crippen LogP contribution in [0.5, 0.6) is 5.75 Å². The quantitative estimate of drug-likeness (QED) is 0.171. The number of aromatic nitrogens is 6. The number of carbonyl (C=O) groups excluding carboxylic acids is 2. The minimum absolute atomic E-state index is 0.0725. The predicted molar refractivity (Wildman–Crippen MR) is 155 cm³/mol. The van der Waals surface area contributed by atoms with Gasteiger partial charge in [0.25, 0.3) is 0 Å². The molecule has 0 aliphatic carbocycles. The zero-order valence-corrected chi connectivity index (χ0v) is 23.3. The number of fused-ring (bicyclic) bond motifs is 2. The Kier molecular flexibility index (Phi) is 7.63. The van der Waals surface area contributed by atoms with Gasteiger partial charge < -0.3 is 30.2 Å². The van der Waals surface area contributed by atoms with Gasteiger partial charge in [0.15, 0.2) is 11.5 Å². The number of benzene rings is 2. The van der Waals surface area contributed by atoms with E-state index in [4.69, 9.17) is 4.74 Å². The number of nitrogens with one attached hydrogen (secondary N) is 5. The van der Waals surface area contributed by atoms with Crippen molar-refractivity contribution < 1.29 is 27.5 Å². The molecule has 13 nitrogen and oxygen atoms in total. The van der Waals surface area contributed by atoms with E-state index in [1.807, 2.05) is 4.90 Å². The first-order chi connectivity index (χ1) is 21.1. The molecule has 4 heterocycles. The number of rotatable bonds is 8. The largest absolute Gasteiger partial charge is 0.489 e. The topological polar surface area (TPSA) is 166 Å². The van der Waals surface area contributed by atoms with Gasteiger partial charge in [-0.25, -0.2) is 24.7 Å². The van der Waals surface area contributed by atoms with E-state index in [1.54, 1.807) is 18.2 Å². The van der Waals surface area contributed by atoms with E-state index in [0.29, 0.717) is 46.1 Å². The van der Waals surface area contributed by atoms with E-state index >= 15 is 0 Å². The van der Waals surface area contributed by atoms with E-state index in [1.165, 1.54) is 25.6 Å². The fraction of sp³-hybridized carbons (Fsp3) is 0.286. The second kappa shape index (κ2) is 11.7. The summed E-state index contributed by atoms with van der Waals surface area (Å²) < 4.78 is 46.7. The molecule has 5 N–H and O–H groups in total. The van der Waals surface area contributed by atoms with Crippen LogP contribution in [0, 0.1) is 0 Å². The predicted octanol–water partition coefficient (Wildman–Crippen LogP) is 4.58. The summed E-state index contributed by atoms with van der Waals surface area (Å²) in [7, 11) is 0. The molecular weight excluding hydrogens is 581 g/mol. The molecule has 0 spiro atoms. The number of imidazole rings is 2. The van der Waals surface area contributed by atoms with Gasteiger partial charge in [-0.3, -0.25) is 10.1 Å². The van der Waals surface area contributed by atoms with Gasteiger partial charge in [0.05, 0.1) is 34.7 Å². The maximum atomic E-state index is 13.5. The number of halogens is 3. The fourth-order valence-electron chi connectivity index (χ4n) is 5.11. The highest BCUT2D eigenvalue weighted by Crippen LogP contribution is 2.36. The Labute approximate surface area is 247 Å². The van der Waals surface area contributed by atoms with Crippen LogP contribution in [0.4, 0.5) is 35.4 Å². The third-order valence-electron chi connectivity index (χ3n) is 7.13. The number of urea groups is 1. The molecule has 3 aromatic heterocycles. The molecule has 228 valence electrons. The smallest absolute Gasteiger partial charge is 0.416 e. The third-order valence-corrected chi connectivity index (χ3v) is 7.13. The van der Waals surface area contributed by atoms with Gasteiger partial charge in [-0.1, -0.05) is 6.07 Å². The maximum absolute atomic E-state index is 13.5. The average Bonchev–Trinajstić information content (AvgIpc) is 3.73. The fourth-order valence-corrected chi connectivity index (χ4v) is 5.11. The zero-order valence-electron chi connectivity index (χ0n) is 23.3. The lowest BCUT2D eigenvalue weighted by Crippen LogP contribution is -2.35. The molecule has 1 aliphatic heterocycles. The number of carbonyl (C=O) groups is 2. The third kappa shape index (κ3) is 6.18. The van der Waals surface area contributed by atoms with Crippen molar-refractivity contribution in [3.05, 3.63) is 60.2 Å². The highest BCUT2D eigenvalue weighted by Gasteiger charge is 2.32. The van der Waals surface area contributed by atoms with Gasteiger partial charge in [-0.05, 0) is 48.7 Å². The lowest BCUT2D eigenvalue weighted by Gasteiger charge is -2.26. The Morgan fingerprint density at radius 3 is 2.80 bits per heavy atom. The molecule has 44 heavy (non-hydrogen) atoms. The lowest BCUT2D eigenvalue weighted by molar-refractivity contribution is -0.137. The number of alkyl halides is 3. The van der Waals surface area contributed by atoms with E-state index in [-0.39, 0.29) is 36.5 Å². The maximum Gasteiger partial charge on any atom is 0.416 e. The lowest BCUT2D eigenvalue weighted by atomic mass is 10.1. The van der Waals surface area contributed by atoms with Crippen molar-refractivity contribution >= 4 is 51.6 Å². The van der Waals surface area contributed by atoms with Crippen molar-refractivity contribution in [1.82, 2.24) is 35.2 Å². The zero-order chi connectivity index (χ0) is 30.8. The normalized spacial score (nSPS) is 15.1. The van der Waals surface area contributed by atoms with E-state index < -0.39 is 17.8 Å². The first kappa shape index (κ1) is 28.7. The molecule has 16 heteroatoms. The summed E-state index contributed by atoms with van der Waals surface area (Å²) >= 11 is 0. The molecule has 5 aromatic rings. The van der Waals surface area contributed by atoms with Crippen LogP contribution < -0.4 is 25.6 Å². The molecule has 1 unspecified atom stereocenters. The molecule has 0 radical (unpaired) electrons. The minimum atomic E-state index is -4.62. The van der Waals surface area contributed by atoms with Crippen LogP contribution in [0.3, 0.4) is 0 Å². The number of nitrogens with zero attached hydrogens (tertiary/aromatic N) is 5. The van der Waals surface area contributed by atoms with Crippen molar-refractivity contribution in [2.24, 2.45) is 0 Å². The summed E-state index contributed by atoms with van der Waals surface area (Å²) in [5, 5.41) is 7.72. The van der Waals surface area contributed by atoms with Crippen LogP contribution in [0.1, 0.15) is 30.9 Å². The highest BCUT2D eigenvalue weighted by atomic mass is 19.4. The Balaban J connectivity index is 1.14. The first-order valence-electron chi connectivity index (χ1n) is 13.7. The van der Waals surface area contributed by atoms with Gasteiger partial charge in [0, 0.05) is 20.0 Å². The molecule has 1 aliphatic rings. The van der Waals surface area contributed by atoms with Crippen molar-refractivity contribution in [2.45, 2.75) is 38.5 Å². The van der Waals surface area contributed by atoms with Crippen molar-refractivity contribution in [3.63, 3.8) is 0 Å². The summed E-state index contributed by atoms with van der Waals surface area (Å²) in [5.41, 5.74) is 2.11. The van der Waals surface area contributed by atoms with E-state index in [9.17, 15) is 22.8 Å². The SMILES string of the molecule is CC(=O)Nc1nc2ccc(CNC(=O)Nc3cc(C(F)(F)F)ccc3OCC3CCCN3c3ncnc4[nH]cnc34)cc2[nH]1. The summed E-state index contributed by atoms with van der Waals surface area (Å²) in [6.07, 6.45) is -0.00461. The van der Waals surface area contributed by atoms with Gasteiger partial charge >= 0.3 is 12.2 Å². The summed E-state index contributed by atoms with van der Waals surface area (Å²) in [5.74, 6) is 0.756. The van der Waals surface area contributed by atoms with Crippen molar-refractivity contribution in [1.29, 1.82) is 0 Å². The van der Waals surface area contributed by atoms with Gasteiger partial charge in [-0.15, -0.1) is 0 Å². The van der Waals surface area contributed by atoms with Gasteiger partial charge in [0.1, 0.15) is 24.2 Å². The standard InChI is InChI=1S/C28H27F3N10O3/c1-15(42)37-26-38-19-6-4-16(9-20(19)39-26)11-32-27(43)40-21-10-17(28(29,30)31)5-7-22(21)44-12-18-3-2-8-41(18)25-23-24(34-13-33-23)35-14-36-25/h4-7,9-10,13-14,18H,2-3,8,11-12H2,1H3,(H2,32,40,43)(H,33,34,35,36)(H2,37,38,39,42).